The first kappa shape index (κ1) is 24.7. The van der Waals surface area contributed by atoms with Gasteiger partial charge >= 0.3 is 0 Å². The van der Waals surface area contributed by atoms with Crippen molar-refractivity contribution < 1.29 is 24.2 Å². The van der Waals surface area contributed by atoms with Crippen LogP contribution in [0.3, 0.4) is 0 Å². The quantitative estimate of drug-likeness (QED) is 0.188. The Balaban J connectivity index is 1.81. The number of rotatable bonds is 5. The summed E-state index contributed by atoms with van der Waals surface area (Å²) in [6, 6.07) is 16.5. The second-order valence-corrected chi connectivity index (χ2v) is 9.37. The molecule has 1 aromatic heterocycles. The second kappa shape index (κ2) is 9.50. The van der Waals surface area contributed by atoms with E-state index in [9.17, 15) is 14.7 Å². The lowest BCUT2D eigenvalue weighted by Gasteiger charge is -2.25. The number of nitrogens with zero attached hydrogens (tertiary/aromatic N) is 2. The number of fused-ring (bicyclic) bond motifs is 1. The van der Waals surface area contributed by atoms with Gasteiger partial charge in [0, 0.05) is 47.0 Å². The lowest BCUT2D eigenvalue weighted by atomic mass is 9.94. The van der Waals surface area contributed by atoms with Gasteiger partial charge < -0.3 is 19.1 Å². The van der Waals surface area contributed by atoms with Gasteiger partial charge in [-0.05, 0) is 30.3 Å². The summed E-state index contributed by atoms with van der Waals surface area (Å²) in [6.45, 7) is 0. The van der Waals surface area contributed by atoms with Crippen molar-refractivity contribution in [1.29, 1.82) is 0 Å². The van der Waals surface area contributed by atoms with Gasteiger partial charge in [0.15, 0.2) is 5.75 Å². The Morgan fingerprint density at radius 1 is 0.946 bits per heavy atom. The van der Waals surface area contributed by atoms with Gasteiger partial charge in [-0.1, -0.05) is 47.5 Å². The number of ether oxygens (including phenoxy) is 2. The normalized spacial score (nSPS) is 17.0. The Morgan fingerprint density at radius 2 is 1.65 bits per heavy atom. The summed E-state index contributed by atoms with van der Waals surface area (Å²) in [5.41, 5.74) is 2.13. The average Bonchev–Trinajstić information content (AvgIpc) is 3.36. The summed E-state index contributed by atoms with van der Waals surface area (Å²) in [7, 11) is 4.83. The summed E-state index contributed by atoms with van der Waals surface area (Å²) >= 11 is 12.6. The van der Waals surface area contributed by atoms with Crippen molar-refractivity contribution in [3.8, 4) is 11.5 Å². The standard InChI is InChI=1S/C28H22Cl2N2O5/c1-31-14-19(18-9-4-5-10-22(18)31)24-23(25(33)15-11-20(29)27(37-3)21(30)12-15)26(34)28(35)32(24)16-7-6-8-17(13-16)36-2/h4-14,24,33H,1-3H3/b25-23+. The van der Waals surface area contributed by atoms with Crippen molar-refractivity contribution in [3.63, 3.8) is 0 Å². The summed E-state index contributed by atoms with van der Waals surface area (Å²) in [6.07, 6.45) is 1.86. The molecule has 1 N–H and O–H groups in total. The Labute approximate surface area is 223 Å². The molecule has 9 heteroatoms. The molecule has 1 atom stereocenters. The van der Waals surface area contributed by atoms with E-state index in [2.05, 4.69) is 0 Å². The number of benzene rings is 3. The van der Waals surface area contributed by atoms with Gasteiger partial charge in [0.25, 0.3) is 11.7 Å². The van der Waals surface area contributed by atoms with Crippen LogP contribution >= 0.6 is 23.2 Å². The van der Waals surface area contributed by atoms with Crippen LogP contribution in [0.1, 0.15) is 17.2 Å². The first-order valence-electron chi connectivity index (χ1n) is 11.3. The zero-order valence-electron chi connectivity index (χ0n) is 20.2. The van der Waals surface area contributed by atoms with Gasteiger partial charge in [-0.3, -0.25) is 14.5 Å². The maximum Gasteiger partial charge on any atom is 0.300 e. The molecule has 0 saturated carbocycles. The van der Waals surface area contributed by atoms with E-state index in [-0.39, 0.29) is 26.9 Å². The summed E-state index contributed by atoms with van der Waals surface area (Å²) in [4.78, 5) is 28.4. The molecule has 1 fully saturated rings. The van der Waals surface area contributed by atoms with Crippen LogP contribution < -0.4 is 14.4 Å². The zero-order chi connectivity index (χ0) is 26.4. The highest BCUT2D eigenvalue weighted by Crippen LogP contribution is 2.46. The highest BCUT2D eigenvalue weighted by atomic mass is 35.5. The smallest absolute Gasteiger partial charge is 0.300 e. The maximum atomic E-state index is 13.5. The molecule has 0 aliphatic carbocycles. The number of carbonyl (C=O) groups is 2. The fourth-order valence-corrected chi connectivity index (χ4v) is 5.43. The molecule has 1 amide bonds. The summed E-state index contributed by atoms with van der Waals surface area (Å²) in [5, 5.41) is 12.6. The Hall–Kier alpha value is -3.94. The van der Waals surface area contributed by atoms with Crippen molar-refractivity contribution in [2.24, 2.45) is 7.05 Å². The highest BCUT2D eigenvalue weighted by Gasteiger charge is 2.48. The Bertz CT molecular complexity index is 1580. The lowest BCUT2D eigenvalue weighted by Crippen LogP contribution is -2.29. The number of Topliss-reactive ketones (excluding diaryl/α,β-unsaturated/α-hetero) is 1. The van der Waals surface area contributed by atoms with E-state index in [4.69, 9.17) is 32.7 Å². The number of amides is 1. The van der Waals surface area contributed by atoms with Gasteiger partial charge in [0.1, 0.15) is 11.5 Å². The third kappa shape index (κ3) is 4.00. The number of anilines is 1. The zero-order valence-corrected chi connectivity index (χ0v) is 21.7. The predicted octanol–water partition coefficient (Wildman–Crippen LogP) is 6.13. The molecule has 37 heavy (non-hydrogen) atoms. The number of para-hydroxylation sites is 1. The van der Waals surface area contributed by atoms with Crippen molar-refractivity contribution in [2.45, 2.75) is 6.04 Å². The summed E-state index contributed by atoms with van der Waals surface area (Å²) < 4.78 is 12.5. The Kier molecular flexibility index (Phi) is 6.35. The fraction of sp³-hybridized carbons (Fsp3) is 0.143. The molecule has 0 bridgehead atoms. The van der Waals surface area contributed by atoms with Crippen LogP contribution in [0.15, 0.2) is 72.4 Å². The number of aromatic nitrogens is 1. The van der Waals surface area contributed by atoms with Gasteiger partial charge in [-0.2, -0.15) is 0 Å². The van der Waals surface area contributed by atoms with Gasteiger partial charge in [-0.25, -0.2) is 0 Å². The number of aliphatic hydroxyl groups excluding tert-OH is 1. The van der Waals surface area contributed by atoms with Crippen LogP contribution in [0, 0.1) is 0 Å². The molecule has 3 aromatic carbocycles. The molecule has 5 rings (SSSR count). The maximum absolute atomic E-state index is 13.5. The summed E-state index contributed by atoms with van der Waals surface area (Å²) in [5.74, 6) is -1.25. The van der Waals surface area contributed by atoms with E-state index in [0.717, 1.165) is 10.9 Å². The molecule has 1 aliphatic rings. The van der Waals surface area contributed by atoms with Crippen molar-refractivity contribution >= 4 is 57.2 Å². The van der Waals surface area contributed by atoms with Crippen LogP contribution in [-0.4, -0.2) is 35.6 Å². The van der Waals surface area contributed by atoms with Crippen LogP contribution in [0.25, 0.3) is 16.7 Å². The SMILES string of the molecule is COc1cccc(N2C(=O)C(=O)/C(=C(/O)c3cc(Cl)c(OC)c(Cl)c3)C2c2cn(C)c3ccccc23)c1. The average molecular weight is 537 g/mol. The monoisotopic (exact) mass is 536 g/mol. The van der Waals surface area contributed by atoms with Gasteiger partial charge in [0.2, 0.25) is 0 Å². The molecule has 2 heterocycles. The van der Waals surface area contributed by atoms with E-state index in [1.807, 2.05) is 42.1 Å². The Morgan fingerprint density at radius 3 is 2.32 bits per heavy atom. The third-order valence-corrected chi connectivity index (χ3v) is 7.04. The minimum atomic E-state index is -0.933. The fourth-order valence-electron chi connectivity index (χ4n) is 4.79. The molecule has 1 aliphatic heterocycles. The molecule has 188 valence electrons. The van der Waals surface area contributed by atoms with Crippen LogP contribution in [0.2, 0.25) is 10.0 Å². The highest BCUT2D eigenvalue weighted by molar-refractivity contribution is 6.52. The van der Waals surface area contributed by atoms with Crippen molar-refractivity contribution in [3.05, 3.63) is 93.6 Å². The molecule has 4 aromatic rings. The lowest BCUT2D eigenvalue weighted by molar-refractivity contribution is -0.132. The number of methoxy groups -OCH3 is 2. The van der Waals surface area contributed by atoms with Gasteiger partial charge in [-0.15, -0.1) is 0 Å². The number of ketones is 1. The molecular weight excluding hydrogens is 515 g/mol. The van der Waals surface area contributed by atoms with E-state index < -0.39 is 23.5 Å². The van der Waals surface area contributed by atoms with Gasteiger partial charge in [0.05, 0.1) is 35.9 Å². The first-order valence-corrected chi connectivity index (χ1v) is 12.0. The van der Waals surface area contributed by atoms with E-state index in [1.165, 1.54) is 31.3 Å². The van der Waals surface area contributed by atoms with Crippen LogP contribution in [-0.2, 0) is 16.6 Å². The second-order valence-electron chi connectivity index (χ2n) is 8.56. The van der Waals surface area contributed by atoms with E-state index >= 15 is 0 Å². The minimum absolute atomic E-state index is 0.0820. The first-order chi connectivity index (χ1) is 17.8. The van der Waals surface area contributed by atoms with E-state index in [1.54, 1.807) is 24.3 Å². The van der Waals surface area contributed by atoms with Crippen LogP contribution in [0.5, 0.6) is 11.5 Å². The number of aliphatic hydroxyl groups is 1. The molecule has 0 spiro atoms. The molecule has 0 radical (unpaired) electrons. The largest absolute Gasteiger partial charge is 0.507 e. The third-order valence-electron chi connectivity index (χ3n) is 6.47. The minimum Gasteiger partial charge on any atom is -0.507 e. The van der Waals surface area contributed by atoms with Crippen molar-refractivity contribution in [2.75, 3.05) is 19.1 Å². The number of aryl methyl sites for hydroxylation is 1. The van der Waals surface area contributed by atoms with E-state index in [0.29, 0.717) is 17.0 Å². The van der Waals surface area contributed by atoms with Crippen molar-refractivity contribution in [1.82, 2.24) is 4.57 Å². The van der Waals surface area contributed by atoms with Crippen LogP contribution in [0.4, 0.5) is 5.69 Å². The molecule has 1 unspecified atom stereocenters. The molecular formula is C28H22Cl2N2O5. The number of carbonyl (C=O) groups excluding carboxylic acids is 2. The predicted molar refractivity (Wildman–Crippen MR) is 144 cm³/mol. The molecule has 7 nitrogen and oxygen atoms in total. The topological polar surface area (TPSA) is 81.0 Å². The number of halogens is 2. The number of hydrogen-bond acceptors (Lipinski definition) is 5. The number of hydrogen-bond donors (Lipinski definition) is 1. The molecule has 1 saturated heterocycles.